The van der Waals surface area contributed by atoms with Crippen molar-refractivity contribution in [3.63, 3.8) is 0 Å². The van der Waals surface area contributed by atoms with Crippen molar-refractivity contribution in [3.8, 4) is 0 Å². The summed E-state index contributed by atoms with van der Waals surface area (Å²) in [5.74, 6) is 0.264. The Balaban J connectivity index is 1.64. The second kappa shape index (κ2) is 5.61. The molecular formula is C15H21N3O. The van der Waals surface area contributed by atoms with Crippen molar-refractivity contribution < 1.29 is 4.79 Å². The minimum absolute atomic E-state index is 0.264. The number of amides is 1. The predicted octanol–water partition coefficient (Wildman–Crippen LogP) is 0.871. The number of nitrogens with zero attached hydrogens (tertiary/aromatic N) is 2. The zero-order chi connectivity index (χ0) is 13.1. The quantitative estimate of drug-likeness (QED) is 0.856. The minimum Gasteiger partial charge on any atom is -0.362 e. The van der Waals surface area contributed by atoms with E-state index in [9.17, 15) is 4.79 Å². The van der Waals surface area contributed by atoms with Gasteiger partial charge in [0.15, 0.2) is 0 Å². The van der Waals surface area contributed by atoms with Crippen LogP contribution in [-0.2, 0) is 11.2 Å². The molecule has 3 rings (SSSR count). The number of anilines is 1. The van der Waals surface area contributed by atoms with Crippen LogP contribution in [0, 0.1) is 0 Å². The monoisotopic (exact) mass is 259 g/mol. The molecule has 0 saturated carbocycles. The van der Waals surface area contributed by atoms with Crippen LogP contribution in [0.4, 0.5) is 5.69 Å². The predicted molar refractivity (Wildman–Crippen MR) is 76.4 cm³/mol. The molecule has 19 heavy (non-hydrogen) atoms. The van der Waals surface area contributed by atoms with Gasteiger partial charge in [0.25, 0.3) is 0 Å². The Kier molecular flexibility index (Phi) is 3.69. The van der Waals surface area contributed by atoms with Crippen LogP contribution in [0.1, 0.15) is 12.0 Å². The molecule has 4 nitrogen and oxygen atoms in total. The molecule has 0 spiro atoms. The van der Waals surface area contributed by atoms with Crippen LogP contribution in [0.25, 0.3) is 0 Å². The third-order valence-electron chi connectivity index (χ3n) is 4.00. The lowest BCUT2D eigenvalue weighted by Crippen LogP contribution is -2.41. The molecule has 0 aliphatic carbocycles. The molecule has 4 heteroatoms. The second-order valence-electron chi connectivity index (χ2n) is 5.28. The third-order valence-corrected chi connectivity index (χ3v) is 4.00. The highest BCUT2D eigenvalue weighted by Crippen LogP contribution is 2.27. The summed E-state index contributed by atoms with van der Waals surface area (Å²) in [6, 6.07) is 8.41. The average Bonchev–Trinajstić information content (AvgIpc) is 2.66. The van der Waals surface area contributed by atoms with Crippen molar-refractivity contribution in [1.29, 1.82) is 0 Å². The van der Waals surface area contributed by atoms with E-state index in [0.717, 1.165) is 45.6 Å². The summed E-state index contributed by atoms with van der Waals surface area (Å²) in [4.78, 5) is 16.6. The Morgan fingerprint density at radius 1 is 1.16 bits per heavy atom. The van der Waals surface area contributed by atoms with E-state index in [0.29, 0.717) is 6.54 Å². The van der Waals surface area contributed by atoms with Gasteiger partial charge >= 0.3 is 0 Å². The van der Waals surface area contributed by atoms with E-state index in [4.69, 9.17) is 0 Å². The van der Waals surface area contributed by atoms with Crippen LogP contribution in [-0.4, -0.2) is 50.1 Å². The van der Waals surface area contributed by atoms with Crippen LogP contribution >= 0.6 is 0 Å². The van der Waals surface area contributed by atoms with Crippen LogP contribution in [0.2, 0.25) is 0 Å². The van der Waals surface area contributed by atoms with Gasteiger partial charge in [-0.05, 0) is 31.0 Å². The SMILES string of the molecule is O=C(CN1CCc2ccccc21)N1CCCNCC1. The number of hydrogen-bond donors (Lipinski definition) is 1. The fourth-order valence-corrected chi connectivity index (χ4v) is 2.93. The van der Waals surface area contributed by atoms with Crippen molar-refractivity contribution in [2.24, 2.45) is 0 Å². The number of benzene rings is 1. The maximum atomic E-state index is 12.4. The second-order valence-corrected chi connectivity index (χ2v) is 5.28. The lowest BCUT2D eigenvalue weighted by Gasteiger charge is -2.25. The third kappa shape index (κ3) is 2.73. The number of hydrogen-bond acceptors (Lipinski definition) is 3. The zero-order valence-electron chi connectivity index (χ0n) is 11.3. The first-order valence-electron chi connectivity index (χ1n) is 7.16. The number of rotatable bonds is 2. The molecule has 1 aromatic rings. The number of para-hydroxylation sites is 1. The molecule has 0 radical (unpaired) electrons. The van der Waals surface area contributed by atoms with Gasteiger partial charge < -0.3 is 15.1 Å². The molecule has 2 aliphatic heterocycles. The molecule has 1 N–H and O–H groups in total. The van der Waals surface area contributed by atoms with Crippen molar-refractivity contribution in [2.45, 2.75) is 12.8 Å². The first-order chi connectivity index (χ1) is 9.34. The highest BCUT2D eigenvalue weighted by Gasteiger charge is 2.23. The summed E-state index contributed by atoms with van der Waals surface area (Å²) in [6.07, 6.45) is 2.12. The summed E-state index contributed by atoms with van der Waals surface area (Å²) in [5, 5.41) is 3.33. The largest absolute Gasteiger partial charge is 0.362 e. The topological polar surface area (TPSA) is 35.6 Å². The lowest BCUT2D eigenvalue weighted by atomic mass is 10.2. The standard InChI is InChI=1S/C15H21N3O/c19-15(17-9-3-7-16-8-11-17)12-18-10-6-13-4-1-2-5-14(13)18/h1-2,4-5,16H,3,6-12H2. The Labute approximate surface area is 114 Å². The van der Waals surface area contributed by atoms with Gasteiger partial charge in [-0.1, -0.05) is 18.2 Å². The summed E-state index contributed by atoms with van der Waals surface area (Å²) < 4.78 is 0. The maximum absolute atomic E-state index is 12.4. The van der Waals surface area contributed by atoms with Crippen molar-refractivity contribution in [3.05, 3.63) is 29.8 Å². The molecule has 0 atom stereocenters. The van der Waals surface area contributed by atoms with Crippen LogP contribution < -0.4 is 10.2 Å². The number of fused-ring (bicyclic) bond motifs is 1. The van der Waals surface area contributed by atoms with Crippen molar-refractivity contribution >= 4 is 11.6 Å². The number of nitrogens with one attached hydrogen (secondary N) is 1. The Morgan fingerprint density at radius 3 is 3.00 bits per heavy atom. The van der Waals surface area contributed by atoms with Crippen molar-refractivity contribution in [2.75, 3.05) is 44.2 Å². The molecule has 0 unspecified atom stereocenters. The normalized spacial score (nSPS) is 19.2. The summed E-state index contributed by atoms with van der Waals surface area (Å²) in [7, 11) is 0. The Morgan fingerprint density at radius 2 is 2.05 bits per heavy atom. The molecule has 2 aliphatic rings. The molecule has 1 fully saturated rings. The summed E-state index contributed by atoms with van der Waals surface area (Å²) in [6.45, 7) is 5.17. The molecular weight excluding hydrogens is 238 g/mol. The molecule has 0 bridgehead atoms. The number of carbonyl (C=O) groups excluding carboxylic acids is 1. The average molecular weight is 259 g/mol. The van der Waals surface area contributed by atoms with Gasteiger partial charge in [-0.25, -0.2) is 0 Å². The van der Waals surface area contributed by atoms with Gasteiger partial charge in [0, 0.05) is 31.9 Å². The molecule has 2 heterocycles. The van der Waals surface area contributed by atoms with Gasteiger partial charge in [-0.2, -0.15) is 0 Å². The molecule has 1 saturated heterocycles. The van der Waals surface area contributed by atoms with Crippen LogP contribution in [0.15, 0.2) is 24.3 Å². The smallest absolute Gasteiger partial charge is 0.242 e. The lowest BCUT2D eigenvalue weighted by molar-refractivity contribution is -0.129. The number of carbonyl (C=O) groups is 1. The van der Waals surface area contributed by atoms with E-state index in [1.54, 1.807) is 0 Å². The molecule has 0 aromatic heterocycles. The van der Waals surface area contributed by atoms with Crippen LogP contribution in [0.5, 0.6) is 0 Å². The fourth-order valence-electron chi connectivity index (χ4n) is 2.93. The van der Waals surface area contributed by atoms with Crippen molar-refractivity contribution in [1.82, 2.24) is 10.2 Å². The van der Waals surface area contributed by atoms with Crippen LogP contribution in [0.3, 0.4) is 0 Å². The first-order valence-corrected chi connectivity index (χ1v) is 7.16. The van der Waals surface area contributed by atoms with E-state index >= 15 is 0 Å². The van der Waals surface area contributed by atoms with Gasteiger partial charge in [-0.3, -0.25) is 4.79 Å². The fraction of sp³-hybridized carbons (Fsp3) is 0.533. The maximum Gasteiger partial charge on any atom is 0.242 e. The zero-order valence-corrected chi connectivity index (χ0v) is 11.3. The van der Waals surface area contributed by atoms with E-state index in [1.807, 2.05) is 4.90 Å². The van der Waals surface area contributed by atoms with E-state index in [-0.39, 0.29) is 5.91 Å². The van der Waals surface area contributed by atoms with Gasteiger partial charge in [0.05, 0.1) is 6.54 Å². The van der Waals surface area contributed by atoms with Gasteiger partial charge in [0.1, 0.15) is 0 Å². The minimum atomic E-state index is 0.264. The highest BCUT2D eigenvalue weighted by atomic mass is 16.2. The molecule has 1 aromatic carbocycles. The van der Waals surface area contributed by atoms with Gasteiger partial charge in [-0.15, -0.1) is 0 Å². The molecule has 1 amide bonds. The first kappa shape index (κ1) is 12.5. The van der Waals surface area contributed by atoms with E-state index < -0.39 is 0 Å². The summed E-state index contributed by atoms with van der Waals surface area (Å²) >= 11 is 0. The molecule has 102 valence electrons. The van der Waals surface area contributed by atoms with E-state index in [1.165, 1.54) is 11.3 Å². The Hall–Kier alpha value is -1.55. The highest BCUT2D eigenvalue weighted by molar-refractivity contribution is 5.82. The Bertz CT molecular complexity index is 452. The van der Waals surface area contributed by atoms with E-state index in [2.05, 4.69) is 34.5 Å². The van der Waals surface area contributed by atoms with Gasteiger partial charge in [0.2, 0.25) is 5.91 Å². The summed E-state index contributed by atoms with van der Waals surface area (Å²) in [5.41, 5.74) is 2.61.